The van der Waals surface area contributed by atoms with Crippen LogP contribution in [0.2, 0.25) is 0 Å². The summed E-state index contributed by atoms with van der Waals surface area (Å²) in [6, 6.07) is 16.9. The molecule has 0 bridgehead atoms. The molecule has 0 aliphatic rings. The first-order chi connectivity index (χ1) is 10.2. The number of nitrogens with one attached hydrogen (secondary N) is 1. The molecule has 0 amide bonds. The molecule has 108 valence electrons. The number of para-hydroxylation sites is 2. The predicted octanol–water partition coefficient (Wildman–Crippen LogP) is 4.28. The van der Waals surface area contributed by atoms with Crippen LogP contribution in [-0.2, 0) is 0 Å². The zero-order valence-corrected chi connectivity index (χ0v) is 12.3. The van der Waals surface area contributed by atoms with Gasteiger partial charge in [0.25, 0.3) is 0 Å². The summed E-state index contributed by atoms with van der Waals surface area (Å²) in [6.07, 6.45) is 1.60. The Morgan fingerprint density at radius 3 is 2.48 bits per heavy atom. The van der Waals surface area contributed by atoms with Gasteiger partial charge in [0.15, 0.2) is 5.78 Å². The molecule has 0 heterocycles. The molecule has 0 radical (unpaired) electrons. The smallest absolute Gasteiger partial charge is 0.187 e. The van der Waals surface area contributed by atoms with Gasteiger partial charge in [-0.3, -0.25) is 4.79 Å². The average molecular weight is 281 g/mol. The lowest BCUT2D eigenvalue weighted by atomic mass is 10.1. The fourth-order valence-electron chi connectivity index (χ4n) is 1.98. The summed E-state index contributed by atoms with van der Waals surface area (Å²) in [4.78, 5) is 12.1. The highest BCUT2D eigenvalue weighted by Crippen LogP contribution is 2.25. The van der Waals surface area contributed by atoms with Gasteiger partial charge in [-0.25, -0.2) is 0 Å². The van der Waals surface area contributed by atoms with Gasteiger partial charge in [0.2, 0.25) is 0 Å². The quantitative estimate of drug-likeness (QED) is 0.634. The molecule has 3 heteroatoms. The van der Waals surface area contributed by atoms with Crippen LogP contribution >= 0.6 is 0 Å². The number of benzene rings is 2. The van der Waals surface area contributed by atoms with E-state index in [1.807, 2.05) is 56.3 Å². The van der Waals surface area contributed by atoms with Crippen LogP contribution in [0.4, 0.5) is 5.69 Å². The van der Waals surface area contributed by atoms with Crippen LogP contribution in [-0.4, -0.2) is 12.4 Å². The maximum Gasteiger partial charge on any atom is 0.187 e. The van der Waals surface area contributed by atoms with Crippen molar-refractivity contribution in [3.63, 3.8) is 0 Å². The third-order valence-corrected chi connectivity index (χ3v) is 2.92. The lowest BCUT2D eigenvalue weighted by Gasteiger charge is -2.12. The number of ketones is 1. The van der Waals surface area contributed by atoms with Crippen molar-refractivity contribution < 1.29 is 9.53 Å². The average Bonchev–Trinajstić information content (AvgIpc) is 2.50. The van der Waals surface area contributed by atoms with Crippen LogP contribution < -0.4 is 10.1 Å². The maximum absolute atomic E-state index is 12.1. The summed E-state index contributed by atoms with van der Waals surface area (Å²) in [6.45, 7) is 4.41. The largest absolute Gasteiger partial charge is 0.492 e. The lowest BCUT2D eigenvalue weighted by Crippen LogP contribution is -2.03. The van der Waals surface area contributed by atoms with Gasteiger partial charge < -0.3 is 10.1 Å². The lowest BCUT2D eigenvalue weighted by molar-refractivity contribution is 0.104. The van der Waals surface area contributed by atoms with Crippen LogP contribution in [0.15, 0.2) is 66.4 Å². The van der Waals surface area contributed by atoms with Crippen molar-refractivity contribution in [1.29, 1.82) is 0 Å². The Kier molecular flexibility index (Phi) is 5.16. The molecule has 2 aromatic rings. The second kappa shape index (κ2) is 7.29. The van der Waals surface area contributed by atoms with E-state index in [1.165, 1.54) is 0 Å². The number of hydrogen-bond acceptors (Lipinski definition) is 3. The molecule has 0 saturated carbocycles. The molecule has 0 aliphatic carbocycles. The summed E-state index contributed by atoms with van der Waals surface area (Å²) in [5, 5.41) is 3.21. The van der Waals surface area contributed by atoms with Crippen LogP contribution in [0.5, 0.6) is 5.75 Å². The van der Waals surface area contributed by atoms with Gasteiger partial charge in [0.1, 0.15) is 5.75 Å². The SMILES string of the molecule is CCOc1ccccc1N/C(C)=C/C(=O)c1ccccc1. The molecule has 21 heavy (non-hydrogen) atoms. The number of hydrogen-bond donors (Lipinski definition) is 1. The zero-order chi connectivity index (χ0) is 15.1. The molecule has 0 fully saturated rings. The molecular weight excluding hydrogens is 262 g/mol. The van der Waals surface area contributed by atoms with Crippen LogP contribution in [0.3, 0.4) is 0 Å². The minimum atomic E-state index is -0.0190. The fraction of sp³-hybridized carbons (Fsp3) is 0.167. The zero-order valence-electron chi connectivity index (χ0n) is 12.3. The molecule has 2 aromatic carbocycles. The summed E-state index contributed by atoms with van der Waals surface area (Å²) in [5.74, 6) is 0.759. The first-order valence-corrected chi connectivity index (χ1v) is 6.97. The van der Waals surface area contributed by atoms with Gasteiger partial charge >= 0.3 is 0 Å². The van der Waals surface area contributed by atoms with Crippen molar-refractivity contribution in [3.05, 3.63) is 71.9 Å². The van der Waals surface area contributed by atoms with E-state index < -0.39 is 0 Å². The monoisotopic (exact) mass is 281 g/mol. The second-order valence-corrected chi connectivity index (χ2v) is 4.61. The van der Waals surface area contributed by atoms with Crippen LogP contribution in [0, 0.1) is 0 Å². The third kappa shape index (κ3) is 4.21. The van der Waals surface area contributed by atoms with E-state index in [2.05, 4.69) is 5.32 Å². The summed E-state index contributed by atoms with van der Waals surface area (Å²) in [5.41, 5.74) is 2.31. The highest BCUT2D eigenvalue weighted by molar-refractivity contribution is 6.05. The predicted molar refractivity (Wildman–Crippen MR) is 85.8 cm³/mol. The standard InChI is InChI=1S/C18H19NO2/c1-3-21-18-12-8-7-11-16(18)19-14(2)13-17(20)15-9-5-4-6-10-15/h4-13,19H,3H2,1-2H3/b14-13+. The van der Waals surface area contributed by atoms with Gasteiger partial charge in [-0.05, 0) is 26.0 Å². The molecule has 0 atom stereocenters. The van der Waals surface area contributed by atoms with Gasteiger partial charge in [-0.15, -0.1) is 0 Å². The Balaban J connectivity index is 2.12. The Morgan fingerprint density at radius 2 is 1.76 bits per heavy atom. The Hall–Kier alpha value is -2.55. The Bertz CT molecular complexity index is 633. The number of ether oxygens (including phenoxy) is 1. The minimum absolute atomic E-state index is 0.0190. The van der Waals surface area contributed by atoms with E-state index >= 15 is 0 Å². The molecule has 0 unspecified atom stereocenters. The van der Waals surface area contributed by atoms with E-state index in [0.29, 0.717) is 12.2 Å². The van der Waals surface area contributed by atoms with Crippen molar-refractivity contribution in [3.8, 4) is 5.75 Å². The number of rotatable bonds is 6. The van der Waals surface area contributed by atoms with Gasteiger partial charge in [-0.2, -0.15) is 0 Å². The second-order valence-electron chi connectivity index (χ2n) is 4.61. The summed E-state index contributed by atoms with van der Waals surface area (Å²) >= 11 is 0. The summed E-state index contributed by atoms with van der Waals surface area (Å²) < 4.78 is 5.55. The van der Waals surface area contributed by atoms with Crippen molar-refractivity contribution in [2.75, 3.05) is 11.9 Å². The first-order valence-electron chi connectivity index (χ1n) is 6.97. The normalized spacial score (nSPS) is 11.0. The highest BCUT2D eigenvalue weighted by atomic mass is 16.5. The van der Waals surface area contributed by atoms with E-state index in [0.717, 1.165) is 17.1 Å². The highest BCUT2D eigenvalue weighted by Gasteiger charge is 2.05. The van der Waals surface area contributed by atoms with E-state index in [1.54, 1.807) is 18.2 Å². The van der Waals surface area contributed by atoms with E-state index in [4.69, 9.17) is 4.74 Å². The number of anilines is 1. The Labute approximate surface area is 125 Å². The van der Waals surface area contributed by atoms with Gasteiger partial charge in [0, 0.05) is 17.3 Å². The molecule has 0 aliphatic heterocycles. The van der Waals surface area contributed by atoms with E-state index in [9.17, 15) is 4.79 Å². The van der Waals surface area contributed by atoms with E-state index in [-0.39, 0.29) is 5.78 Å². The number of carbonyl (C=O) groups is 1. The van der Waals surface area contributed by atoms with Crippen molar-refractivity contribution in [2.45, 2.75) is 13.8 Å². The van der Waals surface area contributed by atoms with Crippen molar-refractivity contribution >= 4 is 11.5 Å². The van der Waals surface area contributed by atoms with Crippen LogP contribution in [0.25, 0.3) is 0 Å². The van der Waals surface area contributed by atoms with Crippen molar-refractivity contribution in [1.82, 2.24) is 0 Å². The molecule has 3 nitrogen and oxygen atoms in total. The molecule has 0 spiro atoms. The van der Waals surface area contributed by atoms with Crippen LogP contribution in [0.1, 0.15) is 24.2 Å². The maximum atomic E-state index is 12.1. The van der Waals surface area contributed by atoms with Crippen molar-refractivity contribution in [2.24, 2.45) is 0 Å². The topological polar surface area (TPSA) is 38.3 Å². The molecule has 1 N–H and O–H groups in total. The molecule has 0 saturated heterocycles. The Morgan fingerprint density at radius 1 is 1.10 bits per heavy atom. The minimum Gasteiger partial charge on any atom is -0.492 e. The molecule has 2 rings (SSSR count). The molecular formula is C18H19NO2. The number of carbonyl (C=O) groups excluding carboxylic acids is 1. The fourth-order valence-corrected chi connectivity index (χ4v) is 1.98. The third-order valence-electron chi connectivity index (χ3n) is 2.92. The number of allylic oxidation sites excluding steroid dienone is 2. The summed E-state index contributed by atoms with van der Waals surface area (Å²) in [7, 11) is 0. The van der Waals surface area contributed by atoms with Gasteiger partial charge in [-0.1, -0.05) is 42.5 Å². The first kappa shape index (κ1) is 14.9. The van der Waals surface area contributed by atoms with Gasteiger partial charge in [0.05, 0.1) is 12.3 Å². The molecule has 0 aromatic heterocycles.